The highest BCUT2D eigenvalue weighted by Crippen LogP contribution is 2.52. The Morgan fingerprint density at radius 2 is 1.70 bits per heavy atom. The van der Waals surface area contributed by atoms with Crippen molar-refractivity contribution in [1.82, 2.24) is 4.90 Å². The van der Waals surface area contributed by atoms with Crippen LogP contribution in [-0.2, 0) is 5.41 Å². The van der Waals surface area contributed by atoms with E-state index in [1.807, 2.05) is 30.3 Å². The Morgan fingerprint density at radius 3 is 2.41 bits per heavy atom. The molecule has 1 fully saturated rings. The van der Waals surface area contributed by atoms with Gasteiger partial charge in [0.05, 0.1) is 6.04 Å². The van der Waals surface area contributed by atoms with Gasteiger partial charge in [0.15, 0.2) is 11.5 Å². The van der Waals surface area contributed by atoms with E-state index in [4.69, 9.17) is 9.47 Å². The molecule has 1 amide bonds. The zero-order chi connectivity index (χ0) is 18.4. The molecule has 0 radical (unpaired) electrons. The number of carbonyl (C=O) groups excluding carboxylic acids is 1. The number of amides is 1. The van der Waals surface area contributed by atoms with Crippen molar-refractivity contribution < 1.29 is 14.3 Å². The van der Waals surface area contributed by atoms with Crippen LogP contribution in [0.25, 0.3) is 0 Å². The van der Waals surface area contributed by atoms with Gasteiger partial charge in [-0.25, -0.2) is 0 Å². The Labute approximate surface area is 160 Å². The molecule has 2 aromatic carbocycles. The van der Waals surface area contributed by atoms with E-state index in [1.54, 1.807) is 0 Å². The molecule has 1 atom stereocenters. The summed E-state index contributed by atoms with van der Waals surface area (Å²) in [6, 6.07) is 14.0. The van der Waals surface area contributed by atoms with Crippen LogP contribution >= 0.6 is 0 Å². The van der Waals surface area contributed by atoms with E-state index >= 15 is 0 Å². The lowest BCUT2D eigenvalue weighted by atomic mass is 9.71. The molecule has 5 rings (SSSR count). The highest BCUT2D eigenvalue weighted by Gasteiger charge is 2.46. The standard InChI is InChI=1S/C23H25NO3/c1-16-18-13-20-21(27-12-11-26-20)14-19(18)23(9-5-6-10-23)15-24(16)22(25)17-7-3-2-4-8-17/h2-4,7-8,13-14,16H,5-6,9-12,15H2,1H3. The first-order valence-corrected chi connectivity index (χ1v) is 9.98. The molecule has 0 bridgehead atoms. The summed E-state index contributed by atoms with van der Waals surface area (Å²) >= 11 is 0. The molecule has 3 aliphatic rings. The summed E-state index contributed by atoms with van der Waals surface area (Å²) in [5.41, 5.74) is 3.39. The fourth-order valence-electron chi connectivity index (χ4n) is 5.10. The second-order valence-electron chi connectivity index (χ2n) is 8.05. The minimum absolute atomic E-state index is 0.0229. The smallest absolute Gasteiger partial charge is 0.254 e. The molecule has 2 aliphatic heterocycles. The minimum atomic E-state index is 0.0229. The van der Waals surface area contributed by atoms with Crippen molar-refractivity contribution in [2.45, 2.75) is 44.1 Å². The summed E-state index contributed by atoms with van der Waals surface area (Å²) in [5.74, 6) is 1.80. The summed E-state index contributed by atoms with van der Waals surface area (Å²) in [5, 5.41) is 0. The van der Waals surface area contributed by atoms with Crippen LogP contribution in [0.5, 0.6) is 11.5 Å². The van der Waals surface area contributed by atoms with Gasteiger partial charge in [-0.05, 0) is 55.2 Å². The van der Waals surface area contributed by atoms with Crippen molar-refractivity contribution in [2.75, 3.05) is 19.8 Å². The van der Waals surface area contributed by atoms with Gasteiger partial charge in [-0.1, -0.05) is 31.0 Å². The Balaban J connectivity index is 1.61. The summed E-state index contributed by atoms with van der Waals surface area (Å²) in [6.45, 7) is 4.11. The molecule has 140 valence electrons. The summed E-state index contributed by atoms with van der Waals surface area (Å²) < 4.78 is 11.7. The van der Waals surface area contributed by atoms with Crippen LogP contribution in [0.3, 0.4) is 0 Å². The van der Waals surface area contributed by atoms with Gasteiger partial charge in [0, 0.05) is 17.5 Å². The fourth-order valence-corrected chi connectivity index (χ4v) is 5.10. The number of nitrogens with zero attached hydrogens (tertiary/aromatic N) is 1. The third-order valence-corrected chi connectivity index (χ3v) is 6.52. The van der Waals surface area contributed by atoms with Gasteiger partial charge in [0.2, 0.25) is 0 Å². The maximum absolute atomic E-state index is 13.3. The van der Waals surface area contributed by atoms with Crippen LogP contribution in [0, 0.1) is 0 Å². The van der Waals surface area contributed by atoms with E-state index in [0.717, 1.165) is 36.4 Å². The lowest BCUT2D eigenvalue weighted by Gasteiger charge is -2.46. The molecule has 0 aromatic heterocycles. The first-order chi connectivity index (χ1) is 13.2. The van der Waals surface area contributed by atoms with E-state index in [0.29, 0.717) is 13.2 Å². The van der Waals surface area contributed by atoms with E-state index in [-0.39, 0.29) is 17.4 Å². The molecule has 1 spiro atoms. The Hall–Kier alpha value is -2.49. The SMILES string of the molecule is CC1c2cc3c(cc2C2(CCCC2)CN1C(=O)c1ccccc1)OCCO3. The number of fused-ring (bicyclic) bond motifs is 3. The average Bonchev–Trinajstić information content (AvgIpc) is 3.19. The van der Waals surface area contributed by atoms with E-state index in [1.165, 1.54) is 24.0 Å². The predicted octanol–water partition coefficient (Wildman–Crippen LogP) is 4.49. The van der Waals surface area contributed by atoms with Crippen molar-refractivity contribution in [2.24, 2.45) is 0 Å². The molecule has 0 saturated heterocycles. The van der Waals surface area contributed by atoms with E-state index in [2.05, 4.69) is 24.0 Å². The molecule has 1 unspecified atom stereocenters. The maximum Gasteiger partial charge on any atom is 0.254 e. The highest BCUT2D eigenvalue weighted by atomic mass is 16.6. The molecule has 4 heteroatoms. The van der Waals surface area contributed by atoms with Crippen molar-refractivity contribution >= 4 is 5.91 Å². The number of rotatable bonds is 1. The van der Waals surface area contributed by atoms with Crippen LogP contribution in [0.1, 0.15) is 60.1 Å². The monoisotopic (exact) mass is 363 g/mol. The van der Waals surface area contributed by atoms with Crippen LogP contribution in [0.2, 0.25) is 0 Å². The molecule has 1 saturated carbocycles. The molecular weight excluding hydrogens is 338 g/mol. The average molecular weight is 363 g/mol. The Morgan fingerprint density at radius 1 is 1.04 bits per heavy atom. The number of hydrogen-bond acceptors (Lipinski definition) is 3. The molecular formula is C23H25NO3. The molecule has 1 aliphatic carbocycles. The number of benzene rings is 2. The third kappa shape index (κ3) is 2.61. The predicted molar refractivity (Wildman–Crippen MR) is 103 cm³/mol. The Bertz CT molecular complexity index is 871. The summed E-state index contributed by atoms with van der Waals surface area (Å²) in [6.07, 6.45) is 4.70. The zero-order valence-corrected chi connectivity index (χ0v) is 15.7. The lowest BCUT2D eigenvalue weighted by Crippen LogP contribution is -2.48. The van der Waals surface area contributed by atoms with Gasteiger partial charge in [0.1, 0.15) is 13.2 Å². The van der Waals surface area contributed by atoms with Crippen LogP contribution in [-0.4, -0.2) is 30.6 Å². The zero-order valence-electron chi connectivity index (χ0n) is 15.7. The molecule has 27 heavy (non-hydrogen) atoms. The van der Waals surface area contributed by atoms with Gasteiger partial charge in [-0.2, -0.15) is 0 Å². The van der Waals surface area contributed by atoms with Gasteiger partial charge in [-0.15, -0.1) is 0 Å². The van der Waals surface area contributed by atoms with Gasteiger partial charge >= 0.3 is 0 Å². The number of hydrogen-bond donors (Lipinski definition) is 0. The van der Waals surface area contributed by atoms with Crippen molar-refractivity contribution in [1.29, 1.82) is 0 Å². The highest BCUT2D eigenvalue weighted by molar-refractivity contribution is 5.94. The number of ether oxygens (including phenoxy) is 2. The fraction of sp³-hybridized carbons (Fsp3) is 0.435. The van der Waals surface area contributed by atoms with Gasteiger partial charge in [-0.3, -0.25) is 4.79 Å². The second-order valence-corrected chi connectivity index (χ2v) is 8.05. The van der Waals surface area contributed by atoms with Gasteiger partial charge in [0.25, 0.3) is 5.91 Å². The summed E-state index contributed by atoms with van der Waals surface area (Å²) in [4.78, 5) is 15.4. The van der Waals surface area contributed by atoms with Gasteiger partial charge < -0.3 is 14.4 Å². The second kappa shape index (κ2) is 6.29. The first-order valence-electron chi connectivity index (χ1n) is 9.98. The van der Waals surface area contributed by atoms with Crippen molar-refractivity contribution in [3.05, 3.63) is 59.2 Å². The first kappa shape index (κ1) is 16.7. The van der Waals surface area contributed by atoms with Crippen LogP contribution < -0.4 is 9.47 Å². The van der Waals surface area contributed by atoms with Crippen molar-refractivity contribution in [3.8, 4) is 11.5 Å². The largest absolute Gasteiger partial charge is 0.486 e. The van der Waals surface area contributed by atoms with Crippen LogP contribution in [0.4, 0.5) is 0 Å². The van der Waals surface area contributed by atoms with E-state index in [9.17, 15) is 4.79 Å². The topological polar surface area (TPSA) is 38.8 Å². The molecule has 0 N–H and O–H groups in total. The van der Waals surface area contributed by atoms with Crippen LogP contribution in [0.15, 0.2) is 42.5 Å². The normalized spacial score (nSPS) is 22.6. The lowest BCUT2D eigenvalue weighted by molar-refractivity contribution is 0.0593. The number of carbonyl (C=O) groups is 1. The Kier molecular flexibility index (Phi) is 3.88. The van der Waals surface area contributed by atoms with E-state index < -0.39 is 0 Å². The molecule has 2 heterocycles. The molecule has 2 aromatic rings. The summed E-state index contributed by atoms with van der Waals surface area (Å²) in [7, 11) is 0. The van der Waals surface area contributed by atoms with Crippen molar-refractivity contribution in [3.63, 3.8) is 0 Å². The maximum atomic E-state index is 13.3. The third-order valence-electron chi connectivity index (χ3n) is 6.52. The molecule has 4 nitrogen and oxygen atoms in total. The minimum Gasteiger partial charge on any atom is -0.486 e. The quantitative estimate of drug-likeness (QED) is 0.749.